The Labute approximate surface area is 127 Å². The topological polar surface area (TPSA) is 38.3 Å². The first kappa shape index (κ1) is 14.7. The van der Waals surface area contributed by atoms with Gasteiger partial charge in [0.2, 0.25) is 0 Å². The van der Waals surface area contributed by atoms with E-state index in [9.17, 15) is 4.79 Å². The van der Waals surface area contributed by atoms with Gasteiger partial charge in [-0.15, -0.1) is 0 Å². The molecule has 20 heavy (non-hydrogen) atoms. The van der Waals surface area contributed by atoms with Gasteiger partial charge in [-0.05, 0) is 35.9 Å². The number of halogens is 2. The SMILES string of the molecule is COc1ccc(C(=O)NCc2ccc(Cl)cc2)cc1Cl. The van der Waals surface area contributed by atoms with E-state index < -0.39 is 0 Å². The maximum Gasteiger partial charge on any atom is 0.251 e. The third-order valence-electron chi connectivity index (χ3n) is 2.78. The zero-order valence-corrected chi connectivity index (χ0v) is 12.3. The van der Waals surface area contributed by atoms with Crippen molar-refractivity contribution in [2.45, 2.75) is 6.54 Å². The zero-order valence-electron chi connectivity index (χ0n) is 10.8. The lowest BCUT2D eigenvalue weighted by molar-refractivity contribution is 0.0951. The smallest absolute Gasteiger partial charge is 0.251 e. The Hall–Kier alpha value is -1.71. The van der Waals surface area contributed by atoms with Crippen molar-refractivity contribution in [1.82, 2.24) is 5.32 Å². The van der Waals surface area contributed by atoms with Gasteiger partial charge in [0.05, 0.1) is 12.1 Å². The van der Waals surface area contributed by atoms with Crippen LogP contribution in [0.1, 0.15) is 15.9 Å². The van der Waals surface area contributed by atoms with Crippen LogP contribution in [0.3, 0.4) is 0 Å². The van der Waals surface area contributed by atoms with E-state index in [-0.39, 0.29) is 5.91 Å². The molecule has 2 aromatic rings. The molecule has 0 aliphatic heterocycles. The van der Waals surface area contributed by atoms with Gasteiger partial charge >= 0.3 is 0 Å². The number of amides is 1. The van der Waals surface area contributed by atoms with Crippen LogP contribution in [0.5, 0.6) is 5.75 Å². The van der Waals surface area contributed by atoms with Crippen LogP contribution in [-0.2, 0) is 6.54 Å². The van der Waals surface area contributed by atoms with Gasteiger partial charge in [-0.2, -0.15) is 0 Å². The average Bonchev–Trinajstić information content (AvgIpc) is 2.46. The molecule has 0 heterocycles. The molecule has 2 aromatic carbocycles. The summed E-state index contributed by atoms with van der Waals surface area (Å²) in [5.74, 6) is 0.352. The number of ether oxygens (including phenoxy) is 1. The summed E-state index contributed by atoms with van der Waals surface area (Å²) in [4.78, 5) is 12.0. The minimum atomic E-state index is -0.190. The highest BCUT2D eigenvalue weighted by Crippen LogP contribution is 2.24. The van der Waals surface area contributed by atoms with Gasteiger partial charge in [-0.3, -0.25) is 4.79 Å². The highest BCUT2D eigenvalue weighted by atomic mass is 35.5. The Morgan fingerprint density at radius 3 is 2.45 bits per heavy atom. The molecule has 0 atom stereocenters. The molecule has 3 nitrogen and oxygen atoms in total. The second-order valence-electron chi connectivity index (χ2n) is 4.16. The molecule has 0 aromatic heterocycles. The van der Waals surface area contributed by atoms with Gasteiger partial charge in [0, 0.05) is 17.1 Å². The molecule has 104 valence electrons. The number of methoxy groups -OCH3 is 1. The number of rotatable bonds is 4. The Balaban J connectivity index is 2.01. The van der Waals surface area contributed by atoms with Crippen LogP contribution in [0.15, 0.2) is 42.5 Å². The van der Waals surface area contributed by atoms with E-state index >= 15 is 0 Å². The average molecular weight is 310 g/mol. The predicted molar refractivity (Wildman–Crippen MR) is 80.6 cm³/mol. The quantitative estimate of drug-likeness (QED) is 0.929. The fourth-order valence-electron chi connectivity index (χ4n) is 1.69. The Kier molecular flexibility index (Phi) is 4.88. The third kappa shape index (κ3) is 3.65. The van der Waals surface area contributed by atoms with Crippen molar-refractivity contribution in [3.05, 3.63) is 63.6 Å². The van der Waals surface area contributed by atoms with Crippen LogP contribution in [0, 0.1) is 0 Å². The first-order chi connectivity index (χ1) is 9.60. The summed E-state index contributed by atoms with van der Waals surface area (Å²) in [6.07, 6.45) is 0. The van der Waals surface area contributed by atoms with Crippen LogP contribution < -0.4 is 10.1 Å². The summed E-state index contributed by atoms with van der Waals surface area (Å²) < 4.78 is 5.04. The van der Waals surface area contributed by atoms with Crippen molar-refractivity contribution < 1.29 is 9.53 Å². The Bertz CT molecular complexity index is 612. The largest absolute Gasteiger partial charge is 0.495 e. The van der Waals surface area contributed by atoms with Gasteiger partial charge in [0.25, 0.3) is 5.91 Å². The lowest BCUT2D eigenvalue weighted by Crippen LogP contribution is -2.22. The van der Waals surface area contributed by atoms with E-state index in [2.05, 4.69) is 5.32 Å². The molecule has 0 radical (unpaired) electrons. The first-order valence-corrected chi connectivity index (χ1v) is 6.72. The normalized spacial score (nSPS) is 10.2. The lowest BCUT2D eigenvalue weighted by Gasteiger charge is -2.08. The molecule has 0 saturated heterocycles. The first-order valence-electron chi connectivity index (χ1n) is 5.96. The number of nitrogens with one attached hydrogen (secondary N) is 1. The number of benzene rings is 2. The van der Waals surface area contributed by atoms with Crippen molar-refractivity contribution >= 4 is 29.1 Å². The van der Waals surface area contributed by atoms with Gasteiger partial charge in [0.15, 0.2) is 0 Å². The second-order valence-corrected chi connectivity index (χ2v) is 5.00. The number of hydrogen-bond donors (Lipinski definition) is 1. The summed E-state index contributed by atoms with van der Waals surface area (Å²) >= 11 is 11.8. The van der Waals surface area contributed by atoms with E-state index in [1.807, 2.05) is 12.1 Å². The van der Waals surface area contributed by atoms with E-state index in [0.29, 0.717) is 27.9 Å². The second kappa shape index (κ2) is 6.64. The molecule has 0 fully saturated rings. The minimum Gasteiger partial charge on any atom is -0.495 e. The van der Waals surface area contributed by atoms with Gasteiger partial charge in [-0.25, -0.2) is 0 Å². The van der Waals surface area contributed by atoms with E-state index in [1.165, 1.54) is 7.11 Å². The summed E-state index contributed by atoms with van der Waals surface area (Å²) in [7, 11) is 1.53. The van der Waals surface area contributed by atoms with Crippen LogP contribution in [0.2, 0.25) is 10.0 Å². The van der Waals surface area contributed by atoms with E-state index in [0.717, 1.165) is 5.56 Å². The fraction of sp³-hybridized carbons (Fsp3) is 0.133. The van der Waals surface area contributed by atoms with Gasteiger partial charge < -0.3 is 10.1 Å². The van der Waals surface area contributed by atoms with E-state index in [1.54, 1.807) is 30.3 Å². The van der Waals surface area contributed by atoms with Crippen molar-refractivity contribution in [3.63, 3.8) is 0 Å². The molecule has 0 bridgehead atoms. The van der Waals surface area contributed by atoms with E-state index in [4.69, 9.17) is 27.9 Å². The van der Waals surface area contributed by atoms with Crippen molar-refractivity contribution in [2.75, 3.05) is 7.11 Å². The maximum atomic E-state index is 12.0. The lowest BCUT2D eigenvalue weighted by atomic mass is 10.2. The van der Waals surface area contributed by atoms with Crippen LogP contribution in [0.25, 0.3) is 0 Å². The number of hydrogen-bond acceptors (Lipinski definition) is 2. The molecule has 1 N–H and O–H groups in total. The highest BCUT2D eigenvalue weighted by Gasteiger charge is 2.08. The monoisotopic (exact) mass is 309 g/mol. The van der Waals surface area contributed by atoms with Crippen LogP contribution >= 0.6 is 23.2 Å². The fourth-order valence-corrected chi connectivity index (χ4v) is 2.08. The minimum absolute atomic E-state index is 0.190. The van der Waals surface area contributed by atoms with Crippen LogP contribution in [-0.4, -0.2) is 13.0 Å². The molecule has 0 unspecified atom stereocenters. The molecule has 0 aliphatic carbocycles. The van der Waals surface area contributed by atoms with Crippen molar-refractivity contribution in [2.24, 2.45) is 0 Å². The van der Waals surface area contributed by atoms with Gasteiger partial charge in [-0.1, -0.05) is 35.3 Å². The molecule has 0 saturated carbocycles. The molecule has 1 amide bonds. The van der Waals surface area contributed by atoms with Crippen molar-refractivity contribution in [1.29, 1.82) is 0 Å². The highest BCUT2D eigenvalue weighted by molar-refractivity contribution is 6.32. The third-order valence-corrected chi connectivity index (χ3v) is 3.33. The zero-order chi connectivity index (χ0) is 14.5. The molecule has 0 aliphatic rings. The molecule has 0 spiro atoms. The number of carbonyl (C=O) groups is 1. The Morgan fingerprint density at radius 1 is 1.15 bits per heavy atom. The summed E-state index contributed by atoms with van der Waals surface area (Å²) in [5.41, 5.74) is 1.46. The van der Waals surface area contributed by atoms with Crippen LogP contribution in [0.4, 0.5) is 0 Å². The summed E-state index contributed by atoms with van der Waals surface area (Å²) in [5, 5.41) is 3.90. The van der Waals surface area contributed by atoms with Crippen molar-refractivity contribution in [3.8, 4) is 5.75 Å². The van der Waals surface area contributed by atoms with Gasteiger partial charge in [0.1, 0.15) is 5.75 Å². The molecule has 5 heteroatoms. The summed E-state index contributed by atoms with van der Waals surface area (Å²) in [6, 6.07) is 12.2. The summed E-state index contributed by atoms with van der Waals surface area (Å²) in [6.45, 7) is 0.430. The standard InChI is InChI=1S/C15H13Cl2NO2/c1-20-14-7-4-11(8-13(14)17)15(19)18-9-10-2-5-12(16)6-3-10/h2-8H,9H2,1H3,(H,18,19). The Morgan fingerprint density at radius 2 is 1.85 bits per heavy atom. The number of carbonyl (C=O) groups excluding carboxylic acids is 1. The molecule has 2 rings (SSSR count). The molecular formula is C15H13Cl2NO2. The molecular weight excluding hydrogens is 297 g/mol. The predicted octanol–water partition coefficient (Wildman–Crippen LogP) is 3.93. The maximum absolute atomic E-state index is 12.0.